The van der Waals surface area contributed by atoms with Crippen LogP contribution in [0, 0.1) is 5.92 Å². The van der Waals surface area contributed by atoms with Crippen LogP contribution in [0.1, 0.15) is 13.3 Å². The number of aliphatic imine (C=N–C) groups is 1. The molecule has 1 heterocycles. The maximum Gasteiger partial charge on any atom is 0.193 e. The van der Waals surface area contributed by atoms with Gasteiger partial charge in [0.2, 0.25) is 0 Å². The number of rotatable bonds is 10. The fourth-order valence-corrected chi connectivity index (χ4v) is 3.70. The Hall–Kier alpha value is -0.950. The highest BCUT2D eigenvalue weighted by Crippen LogP contribution is 2.20. The SMILES string of the molecule is CCNC(=NCCSc1ccc(Cl)cc1)N1CCC(COCCOC)C1. The average Bonchev–Trinajstić information content (AvgIpc) is 3.12. The number of nitrogens with zero attached hydrogens (tertiary/aromatic N) is 2. The molecule has 0 radical (unpaired) electrons. The Bertz CT molecular complexity index is 542. The molecule has 0 amide bonds. The zero-order valence-corrected chi connectivity index (χ0v) is 17.3. The first kappa shape index (κ1) is 21.4. The second kappa shape index (κ2) is 12.4. The van der Waals surface area contributed by atoms with Gasteiger partial charge in [0.1, 0.15) is 0 Å². The molecule has 1 N–H and O–H groups in total. The third-order valence-corrected chi connectivity index (χ3v) is 5.39. The molecule has 1 aliphatic heterocycles. The number of thioether (sulfide) groups is 1. The van der Waals surface area contributed by atoms with Gasteiger partial charge in [-0.05, 0) is 37.6 Å². The lowest BCUT2D eigenvalue weighted by molar-refractivity contribution is 0.0536. The minimum Gasteiger partial charge on any atom is -0.382 e. The number of ether oxygens (including phenoxy) is 2. The first-order valence-electron chi connectivity index (χ1n) is 9.21. The van der Waals surface area contributed by atoms with Gasteiger partial charge in [-0.2, -0.15) is 0 Å². The van der Waals surface area contributed by atoms with Crippen molar-refractivity contribution in [3.05, 3.63) is 29.3 Å². The second-order valence-electron chi connectivity index (χ2n) is 6.21. The summed E-state index contributed by atoms with van der Waals surface area (Å²) in [6.45, 7) is 7.95. The lowest BCUT2D eigenvalue weighted by atomic mass is 10.1. The summed E-state index contributed by atoms with van der Waals surface area (Å²) in [7, 11) is 1.70. The molecule has 1 unspecified atom stereocenters. The van der Waals surface area contributed by atoms with Gasteiger partial charge >= 0.3 is 0 Å². The van der Waals surface area contributed by atoms with E-state index in [0.29, 0.717) is 19.1 Å². The predicted molar refractivity (Wildman–Crippen MR) is 111 cm³/mol. The van der Waals surface area contributed by atoms with Crippen molar-refractivity contribution >= 4 is 29.3 Å². The molecule has 5 nitrogen and oxygen atoms in total. The van der Waals surface area contributed by atoms with Crippen LogP contribution in [0.15, 0.2) is 34.2 Å². The molecule has 0 saturated carbocycles. The Labute approximate surface area is 166 Å². The molecule has 1 aliphatic rings. The summed E-state index contributed by atoms with van der Waals surface area (Å²) in [5.74, 6) is 2.54. The van der Waals surface area contributed by atoms with Crippen molar-refractivity contribution in [1.82, 2.24) is 10.2 Å². The van der Waals surface area contributed by atoms with Crippen molar-refractivity contribution in [2.45, 2.75) is 18.2 Å². The number of nitrogens with one attached hydrogen (secondary N) is 1. The van der Waals surface area contributed by atoms with E-state index in [1.807, 2.05) is 12.1 Å². The van der Waals surface area contributed by atoms with Crippen molar-refractivity contribution in [3.8, 4) is 0 Å². The Balaban J connectivity index is 1.74. The van der Waals surface area contributed by atoms with E-state index in [4.69, 9.17) is 26.1 Å². The highest BCUT2D eigenvalue weighted by molar-refractivity contribution is 7.99. The highest BCUT2D eigenvalue weighted by atomic mass is 35.5. The fraction of sp³-hybridized carbons (Fsp3) is 0.632. The van der Waals surface area contributed by atoms with Crippen LogP contribution in [0.4, 0.5) is 0 Å². The normalized spacial score (nSPS) is 17.7. The summed E-state index contributed by atoms with van der Waals surface area (Å²) in [6.07, 6.45) is 1.15. The minimum absolute atomic E-state index is 0.569. The molecule has 0 bridgehead atoms. The average molecular weight is 400 g/mol. The number of benzene rings is 1. The molecule has 7 heteroatoms. The molecule has 1 fully saturated rings. The van der Waals surface area contributed by atoms with Gasteiger partial charge in [-0.25, -0.2) is 0 Å². The summed E-state index contributed by atoms with van der Waals surface area (Å²) in [5, 5.41) is 4.19. The van der Waals surface area contributed by atoms with Crippen LogP contribution in [0.25, 0.3) is 0 Å². The van der Waals surface area contributed by atoms with Crippen LogP contribution in [-0.2, 0) is 9.47 Å². The summed E-state index contributed by atoms with van der Waals surface area (Å²) in [4.78, 5) is 8.37. The predicted octanol–water partition coefficient (Wildman–Crippen LogP) is 3.38. The van der Waals surface area contributed by atoms with Crippen LogP contribution in [0.3, 0.4) is 0 Å². The van der Waals surface area contributed by atoms with Crippen molar-refractivity contribution in [1.29, 1.82) is 0 Å². The Kier molecular flexibility index (Phi) is 10.2. The summed E-state index contributed by atoms with van der Waals surface area (Å²) >= 11 is 7.73. The zero-order chi connectivity index (χ0) is 18.6. The largest absolute Gasteiger partial charge is 0.382 e. The Morgan fingerprint density at radius 1 is 1.35 bits per heavy atom. The van der Waals surface area contributed by atoms with Gasteiger partial charge in [-0.3, -0.25) is 4.99 Å². The van der Waals surface area contributed by atoms with E-state index < -0.39 is 0 Å². The van der Waals surface area contributed by atoms with E-state index in [0.717, 1.165) is 55.9 Å². The lowest BCUT2D eigenvalue weighted by Gasteiger charge is -2.21. The highest BCUT2D eigenvalue weighted by Gasteiger charge is 2.24. The third-order valence-electron chi connectivity index (χ3n) is 4.14. The maximum atomic E-state index is 5.92. The van der Waals surface area contributed by atoms with Gasteiger partial charge in [0.05, 0.1) is 26.4 Å². The van der Waals surface area contributed by atoms with Crippen molar-refractivity contribution < 1.29 is 9.47 Å². The van der Waals surface area contributed by atoms with Crippen molar-refractivity contribution in [2.75, 3.05) is 58.9 Å². The standard InChI is InChI=1S/C19H30ClN3O2S/c1-3-21-19(22-9-13-26-18-6-4-17(20)5-7-18)23-10-8-16(14-23)15-25-12-11-24-2/h4-7,16H,3,8-15H2,1-2H3,(H,21,22). The van der Waals surface area contributed by atoms with E-state index >= 15 is 0 Å². The van der Waals surface area contributed by atoms with Crippen molar-refractivity contribution in [2.24, 2.45) is 10.9 Å². The smallest absolute Gasteiger partial charge is 0.193 e. The van der Waals surface area contributed by atoms with Gasteiger partial charge in [0.15, 0.2) is 5.96 Å². The lowest BCUT2D eigenvalue weighted by Crippen LogP contribution is -2.40. The summed E-state index contributed by atoms with van der Waals surface area (Å²) in [5.41, 5.74) is 0. The topological polar surface area (TPSA) is 46.1 Å². The number of hydrogen-bond donors (Lipinski definition) is 1. The second-order valence-corrected chi connectivity index (χ2v) is 7.81. The first-order valence-corrected chi connectivity index (χ1v) is 10.6. The number of likely N-dealkylation sites (tertiary alicyclic amines) is 1. The molecule has 2 rings (SSSR count). The third kappa shape index (κ3) is 7.74. The van der Waals surface area contributed by atoms with Crippen LogP contribution in [0.5, 0.6) is 0 Å². The zero-order valence-electron chi connectivity index (χ0n) is 15.7. The van der Waals surface area contributed by atoms with E-state index in [9.17, 15) is 0 Å². The number of halogens is 1. The quantitative estimate of drug-likeness (QED) is 0.283. The van der Waals surface area contributed by atoms with Crippen LogP contribution in [-0.4, -0.2) is 69.7 Å². The monoisotopic (exact) mass is 399 g/mol. The first-order chi connectivity index (χ1) is 12.7. The van der Waals surface area contributed by atoms with Crippen LogP contribution < -0.4 is 5.32 Å². The molecule has 0 aliphatic carbocycles. The minimum atomic E-state index is 0.569. The van der Waals surface area contributed by atoms with Gasteiger partial charge in [-0.15, -0.1) is 11.8 Å². The molecule has 1 aromatic carbocycles. The summed E-state index contributed by atoms with van der Waals surface area (Å²) < 4.78 is 10.7. The van der Waals surface area contributed by atoms with Crippen LogP contribution >= 0.6 is 23.4 Å². The molecule has 1 saturated heterocycles. The van der Waals surface area contributed by atoms with Gasteiger partial charge < -0.3 is 19.7 Å². The molecule has 0 aromatic heterocycles. The molecule has 146 valence electrons. The van der Waals surface area contributed by atoms with Gasteiger partial charge in [0.25, 0.3) is 0 Å². The molecular formula is C19H30ClN3O2S. The van der Waals surface area contributed by atoms with E-state index in [1.165, 1.54) is 4.90 Å². The number of guanidine groups is 1. The molecule has 1 aromatic rings. The van der Waals surface area contributed by atoms with E-state index in [-0.39, 0.29) is 0 Å². The van der Waals surface area contributed by atoms with E-state index in [1.54, 1.807) is 18.9 Å². The number of methoxy groups -OCH3 is 1. The fourth-order valence-electron chi connectivity index (χ4n) is 2.83. The van der Waals surface area contributed by atoms with Gasteiger partial charge in [0, 0.05) is 48.3 Å². The Morgan fingerprint density at radius 3 is 2.88 bits per heavy atom. The molecule has 0 spiro atoms. The van der Waals surface area contributed by atoms with Crippen LogP contribution in [0.2, 0.25) is 5.02 Å². The summed E-state index contributed by atoms with van der Waals surface area (Å²) in [6, 6.07) is 7.96. The maximum absolute atomic E-state index is 5.92. The Morgan fingerprint density at radius 2 is 2.15 bits per heavy atom. The van der Waals surface area contributed by atoms with Crippen molar-refractivity contribution in [3.63, 3.8) is 0 Å². The molecular weight excluding hydrogens is 370 g/mol. The molecule has 26 heavy (non-hydrogen) atoms. The van der Waals surface area contributed by atoms with Gasteiger partial charge in [-0.1, -0.05) is 11.6 Å². The van der Waals surface area contributed by atoms with E-state index in [2.05, 4.69) is 29.3 Å². The number of hydrogen-bond acceptors (Lipinski definition) is 4. The molecule has 1 atom stereocenters.